The number of ether oxygens (including phenoxy) is 1. The third-order valence-electron chi connectivity index (χ3n) is 3.26. The number of hydrogen-bond donors (Lipinski definition) is 2. The van der Waals surface area contributed by atoms with Gasteiger partial charge in [-0.2, -0.15) is 0 Å². The summed E-state index contributed by atoms with van der Waals surface area (Å²) < 4.78 is 5.32. The second-order valence-electron chi connectivity index (χ2n) is 4.62. The Morgan fingerprint density at radius 2 is 2.22 bits per heavy atom. The lowest BCUT2D eigenvalue weighted by atomic mass is 10.2. The molecule has 0 unspecified atom stereocenters. The largest absolute Gasteiger partial charge is 0.396 e. The number of rotatable bonds is 5. The van der Waals surface area contributed by atoms with Crippen LogP contribution in [-0.2, 0) is 4.74 Å². The molecule has 1 aromatic rings. The van der Waals surface area contributed by atoms with Gasteiger partial charge in [-0.05, 0) is 31.5 Å². The van der Waals surface area contributed by atoms with Crippen molar-refractivity contribution < 1.29 is 4.74 Å². The van der Waals surface area contributed by atoms with E-state index in [2.05, 4.69) is 15.2 Å². The van der Waals surface area contributed by atoms with Gasteiger partial charge in [-0.25, -0.2) is 4.98 Å². The molecule has 5 heteroatoms. The highest BCUT2D eigenvalue weighted by molar-refractivity contribution is 5.64. The van der Waals surface area contributed by atoms with Gasteiger partial charge in [0.25, 0.3) is 0 Å². The number of nitrogens with two attached hydrogens (primary N) is 1. The van der Waals surface area contributed by atoms with Crippen molar-refractivity contribution in [3.63, 3.8) is 0 Å². The molecule has 0 saturated carbocycles. The van der Waals surface area contributed by atoms with E-state index in [1.807, 2.05) is 13.0 Å². The standard InChI is InChI=1S/C13H22N4O/c1-11-3-5-16-13(12(11)14)15-4-2-6-17-7-9-18-10-8-17/h3,5H,2,4,6-10,14H2,1H3,(H,15,16). The van der Waals surface area contributed by atoms with E-state index in [1.54, 1.807) is 6.20 Å². The average molecular weight is 250 g/mol. The zero-order chi connectivity index (χ0) is 12.8. The van der Waals surface area contributed by atoms with Crippen molar-refractivity contribution in [3.8, 4) is 0 Å². The van der Waals surface area contributed by atoms with Gasteiger partial charge in [0.15, 0.2) is 0 Å². The fourth-order valence-corrected chi connectivity index (χ4v) is 2.04. The third kappa shape index (κ3) is 3.58. The van der Waals surface area contributed by atoms with E-state index in [-0.39, 0.29) is 0 Å². The van der Waals surface area contributed by atoms with Gasteiger partial charge in [-0.3, -0.25) is 4.90 Å². The number of aromatic nitrogens is 1. The number of nitrogen functional groups attached to an aromatic ring is 1. The second kappa shape index (κ2) is 6.56. The number of aryl methyl sites for hydroxylation is 1. The van der Waals surface area contributed by atoms with Gasteiger partial charge in [-0.1, -0.05) is 0 Å². The quantitative estimate of drug-likeness (QED) is 0.766. The highest BCUT2D eigenvalue weighted by Crippen LogP contribution is 2.18. The molecular formula is C13H22N4O. The van der Waals surface area contributed by atoms with E-state index < -0.39 is 0 Å². The zero-order valence-electron chi connectivity index (χ0n) is 11.0. The predicted octanol–water partition coefficient (Wildman–Crippen LogP) is 1.11. The van der Waals surface area contributed by atoms with E-state index in [9.17, 15) is 0 Å². The van der Waals surface area contributed by atoms with Gasteiger partial charge in [0.1, 0.15) is 5.82 Å². The molecule has 1 fully saturated rings. The van der Waals surface area contributed by atoms with Crippen LogP contribution < -0.4 is 11.1 Å². The smallest absolute Gasteiger partial charge is 0.149 e. The molecule has 0 spiro atoms. The Labute approximate surface area is 108 Å². The molecule has 1 aliphatic rings. The Bertz CT molecular complexity index is 377. The van der Waals surface area contributed by atoms with Crippen molar-refractivity contribution >= 4 is 11.5 Å². The van der Waals surface area contributed by atoms with Crippen LogP contribution in [0.5, 0.6) is 0 Å². The SMILES string of the molecule is Cc1ccnc(NCCCN2CCOCC2)c1N. The minimum absolute atomic E-state index is 0.754. The lowest BCUT2D eigenvalue weighted by molar-refractivity contribution is 0.0378. The first-order valence-electron chi connectivity index (χ1n) is 6.52. The van der Waals surface area contributed by atoms with Crippen molar-refractivity contribution in [3.05, 3.63) is 17.8 Å². The maximum Gasteiger partial charge on any atom is 0.149 e. The van der Waals surface area contributed by atoms with Crippen LogP contribution >= 0.6 is 0 Å². The molecule has 5 nitrogen and oxygen atoms in total. The van der Waals surface area contributed by atoms with Crippen LogP contribution in [0.1, 0.15) is 12.0 Å². The van der Waals surface area contributed by atoms with Crippen molar-refractivity contribution in [1.82, 2.24) is 9.88 Å². The molecular weight excluding hydrogens is 228 g/mol. The van der Waals surface area contributed by atoms with E-state index in [0.29, 0.717) is 0 Å². The molecule has 0 amide bonds. The van der Waals surface area contributed by atoms with Gasteiger partial charge >= 0.3 is 0 Å². The van der Waals surface area contributed by atoms with E-state index in [0.717, 1.165) is 62.9 Å². The number of hydrogen-bond acceptors (Lipinski definition) is 5. The van der Waals surface area contributed by atoms with Crippen LogP contribution in [0.25, 0.3) is 0 Å². The second-order valence-corrected chi connectivity index (χ2v) is 4.62. The van der Waals surface area contributed by atoms with Crippen LogP contribution in [0.2, 0.25) is 0 Å². The third-order valence-corrected chi connectivity index (χ3v) is 3.26. The first-order chi connectivity index (χ1) is 8.77. The minimum atomic E-state index is 0.754. The van der Waals surface area contributed by atoms with Crippen LogP contribution in [0.15, 0.2) is 12.3 Å². The lowest BCUT2D eigenvalue weighted by Crippen LogP contribution is -2.37. The summed E-state index contributed by atoms with van der Waals surface area (Å²) in [6, 6.07) is 1.92. The highest BCUT2D eigenvalue weighted by atomic mass is 16.5. The average Bonchev–Trinajstić information content (AvgIpc) is 2.40. The maximum atomic E-state index is 5.96. The number of nitrogens with zero attached hydrogens (tertiary/aromatic N) is 2. The van der Waals surface area contributed by atoms with Crippen molar-refractivity contribution in [2.45, 2.75) is 13.3 Å². The monoisotopic (exact) mass is 250 g/mol. The van der Waals surface area contributed by atoms with Gasteiger partial charge < -0.3 is 15.8 Å². The molecule has 2 rings (SSSR count). The van der Waals surface area contributed by atoms with E-state index in [1.165, 1.54) is 0 Å². The number of anilines is 2. The Balaban J connectivity index is 1.70. The topological polar surface area (TPSA) is 63.4 Å². The fourth-order valence-electron chi connectivity index (χ4n) is 2.04. The molecule has 0 atom stereocenters. The van der Waals surface area contributed by atoms with Crippen molar-refractivity contribution in [2.24, 2.45) is 0 Å². The fraction of sp³-hybridized carbons (Fsp3) is 0.615. The number of nitrogens with one attached hydrogen (secondary N) is 1. The predicted molar refractivity (Wildman–Crippen MR) is 73.8 cm³/mol. The number of pyridine rings is 1. The van der Waals surface area contributed by atoms with Crippen LogP contribution in [0.3, 0.4) is 0 Å². The first-order valence-corrected chi connectivity index (χ1v) is 6.52. The number of morpholine rings is 1. The first kappa shape index (κ1) is 13.1. The molecule has 1 aliphatic heterocycles. The van der Waals surface area contributed by atoms with Crippen LogP contribution in [0.4, 0.5) is 11.5 Å². The van der Waals surface area contributed by atoms with Crippen molar-refractivity contribution in [1.29, 1.82) is 0 Å². The highest BCUT2D eigenvalue weighted by Gasteiger charge is 2.09. The van der Waals surface area contributed by atoms with Gasteiger partial charge in [0.2, 0.25) is 0 Å². The maximum absolute atomic E-state index is 5.96. The van der Waals surface area contributed by atoms with Gasteiger partial charge in [0, 0.05) is 25.8 Å². The lowest BCUT2D eigenvalue weighted by Gasteiger charge is -2.26. The van der Waals surface area contributed by atoms with Crippen LogP contribution in [-0.4, -0.2) is 49.3 Å². The summed E-state index contributed by atoms with van der Waals surface area (Å²) in [5, 5.41) is 3.30. The Morgan fingerprint density at radius 1 is 1.44 bits per heavy atom. The molecule has 0 aromatic carbocycles. The summed E-state index contributed by atoms with van der Waals surface area (Å²) >= 11 is 0. The molecule has 18 heavy (non-hydrogen) atoms. The molecule has 0 aliphatic carbocycles. The molecule has 100 valence electrons. The Kier molecular flexibility index (Phi) is 4.78. The summed E-state index contributed by atoms with van der Waals surface area (Å²) in [7, 11) is 0. The summed E-state index contributed by atoms with van der Waals surface area (Å²) in [5.41, 5.74) is 7.78. The molecule has 0 radical (unpaired) electrons. The van der Waals surface area contributed by atoms with Crippen molar-refractivity contribution in [2.75, 3.05) is 50.4 Å². The van der Waals surface area contributed by atoms with Gasteiger partial charge in [-0.15, -0.1) is 0 Å². The minimum Gasteiger partial charge on any atom is -0.396 e. The van der Waals surface area contributed by atoms with Crippen LogP contribution in [0, 0.1) is 6.92 Å². The molecule has 1 aromatic heterocycles. The molecule has 2 heterocycles. The van der Waals surface area contributed by atoms with E-state index >= 15 is 0 Å². The molecule has 3 N–H and O–H groups in total. The summed E-state index contributed by atoms with van der Waals surface area (Å²) in [4.78, 5) is 6.68. The summed E-state index contributed by atoms with van der Waals surface area (Å²) in [6.07, 6.45) is 2.88. The summed E-state index contributed by atoms with van der Waals surface area (Å²) in [5.74, 6) is 0.803. The summed E-state index contributed by atoms with van der Waals surface area (Å²) in [6.45, 7) is 7.81. The van der Waals surface area contributed by atoms with E-state index in [4.69, 9.17) is 10.5 Å². The van der Waals surface area contributed by atoms with Gasteiger partial charge in [0.05, 0.1) is 18.9 Å². The Morgan fingerprint density at radius 3 is 3.00 bits per heavy atom. The molecule has 0 bridgehead atoms. The normalized spacial score (nSPS) is 16.7. The zero-order valence-corrected chi connectivity index (χ0v) is 11.0. The Hall–Kier alpha value is -1.33. The molecule has 1 saturated heterocycles.